The van der Waals surface area contributed by atoms with Crippen LogP contribution in [-0.4, -0.2) is 10.6 Å². The van der Waals surface area contributed by atoms with Gasteiger partial charge in [0, 0.05) is 17.8 Å². The molecule has 5 heteroatoms. The smallest absolute Gasteiger partial charge is 0.271 e. The van der Waals surface area contributed by atoms with Gasteiger partial charge in [-0.15, -0.1) is 0 Å². The first-order chi connectivity index (χ1) is 8.13. The van der Waals surface area contributed by atoms with Gasteiger partial charge < -0.3 is 0 Å². The lowest BCUT2D eigenvalue weighted by Crippen LogP contribution is -1.98. The van der Waals surface area contributed by atoms with E-state index < -0.39 is 4.92 Å². The van der Waals surface area contributed by atoms with Gasteiger partial charge in [0.2, 0.25) is 0 Å². The van der Waals surface area contributed by atoms with Gasteiger partial charge >= 0.3 is 0 Å². The summed E-state index contributed by atoms with van der Waals surface area (Å²) in [4.78, 5) is 10.2. The number of nitrogens with one attached hydrogen (secondary N) is 1. The third kappa shape index (κ3) is 4.63. The second-order valence-corrected chi connectivity index (χ2v) is 3.87. The first-order valence-electron chi connectivity index (χ1n) is 5.67. The molecule has 0 saturated carbocycles. The zero-order valence-electron chi connectivity index (χ0n) is 10.1. The van der Waals surface area contributed by atoms with Crippen LogP contribution in [0.25, 0.3) is 0 Å². The largest absolute Gasteiger partial charge is 0.278 e. The number of hydrazone groups is 1. The van der Waals surface area contributed by atoms with Gasteiger partial charge in [-0.1, -0.05) is 19.4 Å². The molecule has 0 radical (unpaired) electrons. The average Bonchev–Trinajstić information content (AvgIpc) is 2.34. The quantitative estimate of drug-likeness (QED) is 0.465. The standard InChI is InChI=1S/C12H17N3O2/c1-3-4-6-10(2)13-14-11-7-5-8-12(9-11)15(16)17/h5,7-9,14H,3-4,6H2,1-2H3/b13-10-. The Morgan fingerprint density at radius 3 is 2.94 bits per heavy atom. The van der Waals surface area contributed by atoms with Crippen molar-refractivity contribution in [2.45, 2.75) is 33.1 Å². The van der Waals surface area contributed by atoms with E-state index in [0.717, 1.165) is 25.0 Å². The lowest BCUT2D eigenvalue weighted by atomic mass is 10.2. The van der Waals surface area contributed by atoms with Crippen LogP contribution in [0.1, 0.15) is 33.1 Å². The van der Waals surface area contributed by atoms with Gasteiger partial charge in [-0.05, 0) is 25.8 Å². The van der Waals surface area contributed by atoms with Crippen molar-refractivity contribution >= 4 is 17.1 Å². The normalized spacial score (nSPS) is 11.3. The third-order valence-electron chi connectivity index (χ3n) is 2.32. The summed E-state index contributed by atoms with van der Waals surface area (Å²) in [5.41, 5.74) is 4.53. The number of nitrogens with zero attached hydrogens (tertiary/aromatic N) is 2. The average molecular weight is 235 g/mol. The monoisotopic (exact) mass is 235 g/mol. The molecule has 1 aromatic rings. The number of unbranched alkanes of at least 4 members (excludes halogenated alkanes) is 1. The van der Waals surface area contributed by atoms with Crippen LogP contribution in [0.5, 0.6) is 0 Å². The van der Waals surface area contributed by atoms with Gasteiger partial charge in [0.05, 0.1) is 10.6 Å². The fourth-order valence-corrected chi connectivity index (χ4v) is 1.34. The molecule has 0 saturated heterocycles. The van der Waals surface area contributed by atoms with Gasteiger partial charge in [-0.3, -0.25) is 15.5 Å². The number of non-ortho nitro benzene ring substituents is 1. The number of nitro benzene ring substituents is 1. The highest BCUT2D eigenvalue weighted by molar-refractivity contribution is 5.82. The van der Waals surface area contributed by atoms with Gasteiger partial charge in [-0.2, -0.15) is 5.10 Å². The number of benzene rings is 1. The highest BCUT2D eigenvalue weighted by atomic mass is 16.6. The first kappa shape index (κ1) is 13.2. The van der Waals surface area contributed by atoms with E-state index >= 15 is 0 Å². The molecule has 92 valence electrons. The Bertz CT molecular complexity index is 416. The third-order valence-corrected chi connectivity index (χ3v) is 2.32. The fourth-order valence-electron chi connectivity index (χ4n) is 1.34. The van der Waals surface area contributed by atoms with Crippen LogP contribution >= 0.6 is 0 Å². The van der Waals surface area contributed by atoms with Crippen LogP contribution in [0.2, 0.25) is 0 Å². The van der Waals surface area contributed by atoms with Gasteiger partial charge in [0.1, 0.15) is 0 Å². The minimum Gasteiger partial charge on any atom is -0.278 e. The Labute approximate surface area is 101 Å². The Balaban J connectivity index is 2.62. The molecule has 0 unspecified atom stereocenters. The number of hydrogen-bond donors (Lipinski definition) is 1. The van der Waals surface area contributed by atoms with E-state index in [2.05, 4.69) is 17.5 Å². The molecule has 0 aliphatic heterocycles. The lowest BCUT2D eigenvalue weighted by molar-refractivity contribution is -0.384. The van der Waals surface area contributed by atoms with Gasteiger partial charge in [-0.25, -0.2) is 0 Å². The molecule has 0 bridgehead atoms. The molecule has 1 rings (SSSR count). The van der Waals surface area contributed by atoms with E-state index in [1.54, 1.807) is 12.1 Å². The lowest BCUT2D eigenvalue weighted by Gasteiger charge is -2.02. The Kier molecular flexibility index (Phi) is 5.13. The maximum Gasteiger partial charge on any atom is 0.271 e. The molecule has 0 aliphatic carbocycles. The Morgan fingerprint density at radius 2 is 2.29 bits per heavy atom. The topological polar surface area (TPSA) is 67.5 Å². The van der Waals surface area contributed by atoms with Crippen molar-refractivity contribution < 1.29 is 4.92 Å². The Morgan fingerprint density at radius 1 is 1.53 bits per heavy atom. The molecule has 0 heterocycles. The first-order valence-corrected chi connectivity index (χ1v) is 5.67. The predicted octanol–water partition coefficient (Wildman–Crippen LogP) is 3.57. The van der Waals surface area contributed by atoms with Crippen LogP contribution in [0, 0.1) is 10.1 Å². The zero-order chi connectivity index (χ0) is 12.7. The predicted molar refractivity (Wildman–Crippen MR) is 69.4 cm³/mol. The van der Waals surface area contributed by atoms with Crippen LogP contribution in [0.15, 0.2) is 29.4 Å². The van der Waals surface area contributed by atoms with Crippen molar-refractivity contribution in [2.24, 2.45) is 5.10 Å². The second kappa shape index (κ2) is 6.62. The molecule has 0 atom stereocenters. The summed E-state index contributed by atoms with van der Waals surface area (Å²) in [6.45, 7) is 4.07. The van der Waals surface area contributed by atoms with E-state index in [-0.39, 0.29) is 5.69 Å². The van der Waals surface area contributed by atoms with Gasteiger partial charge in [0.15, 0.2) is 0 Å². The second-order valence-electron chi connectivity index (χ2n) is 3.87. The summed E-state index contributed by atoms with van der Waals surface area (Å²) >= 11 is 0. The highest BCUT2D eigenvalue weighted by Gasteiger charge is 2.04. The minimum absolute atomic E-state index is 0.0661. The van der Waals surface area contributed by atoms with Crippen LogP contribution in [0.4, 0.5) is 11.4 Å². The molecule has 0 fully saturated rings. The summed E-state index contributed by atoms with van der Waals surface area (Å²) in [7, 11) is 0. The molecule has 17 heavy (non-hydrogen) atoms. The van der Waals surface area contributed by atoms with E-state index in [9.17, 15) is 10.1 Å². The van der Waals surface area contributed by atoms with Crippen molar-refractivity contribution in [3.8, 4) is 0 Å². The molecule has 0 amide bonds. The Hall–Kier alpha value is -1.91. The molecule has 1 aromatic carbocycles. The van der Waals surface area contributed by atoms with Gasteiger partial charge in [0.25, 0.3) is 5.69 Å². The molecule has 5 nitrogen and oxygen atoms in total. The molecule has 0 spiro atoms. The summed E-state index contributed by atoms with van der Waals surface area (Å²) < 4.78 is 0. The zero-order valence-corrected chi connectivity index (χ0v) is 10.1. The van der Waals surface area contributed by atoms with Crippen molar-refractivity contribution in [3.63, 3.8) is 0 Å². The SMILES string of the molecule is CCCC/C(C)=N\Nc1cccc([N+](=O)[O-])c1. The number of rotatable bonds is 6. The van der Waals surface area contributed by atoms with Crippen molar-refractivity contribution in [1.82, 2.24) is 0 Å². The number of anilines is 1. The number of nitro groups is 1. The van der Waals surface area contributed by atoms with E-state index in [1.807, 2.05) is 6.92 Å². The molecule has 1 N–H and O–H groups in total. The van der Waals surface area contributed by atoms with E-state index in [4.69, 9.17) is 0 Å². The van der Waals surface area contributed by atoms with E-state index in [1.165, 1.54) is 12.1 Å². The summed E-state index contributed by atoms with van der Waals surface area (Å²) in [6, 6.07) is 6.32. The molecular formula is C12H17N3O2. The molecule has 0 aliphatic rings. The summed E-state index contributed by atoms with van der Waals surface area (Å²) in [5, 5.41) is 14.8. The van der Waals surface area contributed by atoms with Crippen LogP contribution in [0.3, 0.4) is 0 Å². The van der Waals surface area contributed by atoms with Crippen molar-refractivity contribution in [3.05, 3.63) is 34.4 Å². The van der Waals surface area contributed by atoms with Crippen LogP contribution < -0.4 is 5.43 Å². The molecular weight excluding hydrogens is 218 g/mol. The highest BCUT2D eigenvalue weighted by Crippen LogP contribution is 2.16. The van der Waals surface area contributed by atoms with Crippen LogP contribution in [-0.2, 0) is 0 Å². The molecule has 0 aromatic heterocycles. The minimum atomic E-state index is -0.418. The maximum atomic E-state index is 10.6. The summed E-state index contributed by atoms with van der Waals surface area (Å²) in [6.07, 6.45) is 3.17. The maximum absolute atomic E-state index is 10.6. The van der Waals surface area contributed by atoms with Crippen molar-refractivity contribution in [2.75, 3.05) is 5.43 Å². The van der Waals surface area contributed by atoms with Crippen molar-refractivity contribution in [1.29, 1.82) is 0 Å². The number of hydrogen-bond acceptors (Lipinski definition) is 4. The summed E-state index contributed by atoms with van der Waals surface area (Å²) in [5.74, 6) is 0. The van der Waals surface area contributed by atoms with E-state index in [0.29, 0.717) is 5.69 Å². The fraction of sp³-hybridized carbons (Fsp3) is 0.417.